The van der Waals surface area contributed by atoms with Crippen molar-refractivity contribution in [3.05, 3.63) is 46.2 Å². The number of nitriles is 1. The maximum Gasteiger partial charge on any atom is 0.144 e. The van der Waals surface area contributed by atoms with E-state index in [9.17, 15) is 0 Å². The van der Waals surface area contributed by atoms with Crippen molar-refractivity contribution in [3.8, 4) is 6.07 Å². The van der Waals surface area contributed by atoms with Crippen molar-refractivity contribution in [1.29, 1.82) is 5.26 Å². The Kier molecular flexibility index (Phi) is 4.40. The summed E-state index contributed by atoms with van der Waals surface area (Å²) in [6.07, 6.45) is 4.42. The number of nitrogens with zero attached hydrogens (tertiary/aromatic N) is 3. The highest BCUT2D eigenvalue weighted by Gasteiger charge is 2.12. The van der Waals surface area contributed by atoms with Gasteiger partial charge in [-0.1, -0.05) is 13.0 Å². The van der Waals surface area contributed by atoms with Crippen LogP contribution >= 0.6 is 11.3 Å². The zero-order chi connectivity index (χ0) is 12.8. The Hall–Kier alpha value is -1.77. The third kappa shape index (κ3) is 2.92. The molecule has 0 amide bonds. The van der Waals surface area contributed by atoms with Gasteiger partial charge in [0.2, 0.25) is 0 Å². The molecule has 1 atom stereocenters. The summed E-state index contributed by atoms with van der Waals surface area (Å²) in [4.78, 5) is 8.37. The molecular formula is C13H14N4S. The Balaban J connectivity index is 2.05. The third-order valence-electron chi connectivity index (χ3n) is 2.69. The topological polar surface area (TPSA) is 61.6 Å². The van der Waals surface area contributed by atoms with E-state index < -0.39 is 0 Å². The van der Waals surface area contributed by atoms with Crippen LogP contribution < -0.4 is 5.32 Å². The fourth-order valence-electron chi connectivity index (χ4n) is 1.73. The van der Waals surface area contributed by atoms with E-state index in [0.717, 1.165) is 17.0 Å². The average Bonchev–Trinajstić information content (AvgIpc) is 2.94. The summed E-state index contributed by atoms with van der Waals surface area (Å²) in [5.41, 5.74) is 1.41. The number of nitrogens with one attached hydrogen (secondary N) is 1. The first-order chi connectivity index (χ1) is 8.85. The lowest BCUT2D eigenvalue weighted by atomic mass is 10.1. The summed E-state index contributed by atoms with van der Waals surface area (Å²) in [5.74, 6) is 0. The molecule has 2 aromatic heterocycles. The number of hydrogen-bond donors (Lipinski definition) is 1. The van der Waals surface area contributed by atoms with E-state index >= 15 is 0 Å². The van der Waals surface area contributed by atoms with Crippen molar-refractivity contribution in [3.63, 3.8) is 0 Å². The first-order valence-corrected chi connectivity index (χ1v) is 6.70. The molecule has 0 bridgehead atoms. The van der Waals surface area contributed by atoms with E-state index in [4.69, 9.17) is 5.26 Å². The Bertz CT molecular complexity index is 530. The first-order valence-electron chi connectivity index (χ1n) is 5.82. The van der Waals surface area contributed by atoms with E-state index in [1.807, 2.05) is 23.7 Å². The monoisotopic (exact) mass is 258 g/mol. The molecule has 1 N–H and O–H groups in total. The molecule has 0 spiro atoms. The molecule has 0 saturated heterocycles. The van der Waals surface area contributed by atoms with Crippen LogP contribution in [0.2, 0.25) is 0 Å². The highest BCUT2D eigenvalue weighted by Crippen LogP contribution is 2.19. The second-order valence-electron chi connectivity index (χ2n) is 3.84. The zero-order valence-electron chi connectivity index (χ0n) is 10.1. The predicted octanol–water partition coefficient (Wildman–Crippen LogP) is 2.65. The lowest BCUT2D eigenvalue weighted by Gasteiger charge is -2.14. The minimum atomic E-state index is 0.233. The quantitative estimate of drug-likeness (QED) is 0.895. The fraction of sp³-hybridized carbons (Fsp3) is 0.308. The maximum absolute atomic E-state index is 8.97. The van der Waals surface area contributed by atoms with Crippen molar-refractivity contribution in [2.24, 2.45) is 0 Å². The van der Waals surface area contributed by atoms with Crippen molar-refractivity contribution >= 4 is 11.3 Å². The van der Waals surface area contributed by atoms with Gasteiger partial charge >= 0.3 is 0 Å². The molecule has 5 heteroatoms. The normalized spacial score (nSPS) is 12.0. The molecular weight excluding hydrogens is 244 g/mol. The van der Waals surface area contributed by atoms with Gasteiger partial charge < -0.3 is 5.32 Å². The van der Waals surface area contributed by atoms with Gasteiger partial charge in [0.25, 0.3) is 0 Å². The number of rotatable bonds is 5. The van der Waals surface area contributed by atoms with Crippen LogP contribution in [-0.2, 0) is 6.54 Å². The fourth-order valence-corrected chi connectivity index (χ4v) is 2.53. The van der Waals surface area contributed by atoms with Crippen molar-refractivity contribution < 1.29 is 0 Å². The van der Waals surface area contributed by atoms with Crippen LogP contribution in [0.4, 0.5) is 0 Å². The second-order valence-corrected chi connectivity index (χ2v) is 4.76. The lowest BCUT2D eigenvalue weighted by molar-refractivity contribution is 0.515. The lowest BCUT2D eigenvalue weighted by Crippen LogP contribution is -2.20. The van der Waals surface area contributed by atoms with E-state index in [1.54, 1.807) is 17.5 Å². The first kappa shape index (κ1) is 12.7. The zero-order valence-corrected chi connectivity index (χ0v) is 10.9. The SMILES string of the molecule is CCC(NCc1cccnc1C#N)c1nccs1. The van der Waals surface area contributed by atoms with E-state index in [-0.39, 0.29) is 6.04 Å². The Labute approximate surface area is 110 Å². The molecule has 0 aromatic carbocycles. The molecule has 2 aromatic rings. The van der Waals surface area contributed by atoms with Crippen molar-refractivity contribution in [2.45, 2.75) is 25.9 Å². The molecule has 0 aliphatic rings. The Morgan fingerprint density at radius 1 is 1.44 bits per heavy atom. The van der Waals surface area contributed by atoms with Gasteiger partial charge in [0.05, 0.1) is 6.04 Å². The van der Waals surface area contributed by atoms with Gasteiger partial charge in [0.15, 0.2) is 0 Å². The maximum atomic E-state index is 8.97. The minimum Gasteiger partial charge on any atom is -0.304 e. The highest BCUT2D eigenvalue weighted by atomic mass is 32.1. The molecule has 0 radical (unpaired) electrons. The minimum absolute atomic E-state index is 0.233. The number of pyridine rings is 1. The summed E-state index contributed by atoms with van der Waals surface area (Å²) in [7, 11) is 0. The van der Waals surface area contributed by atoms with Crippen LogP contribution in [0.1, 0.15) is 35.7 Å². The van der Waals surface area contributed by atoms with Gasteiger partial charge in [-0.05, 0) is 12.5 Å². The van der Waals surface area contributed by atoms with Gasteiger partial charge in [-0.3, -0.25) is 0 Å². The molecule has 4 nitrogen and oxygen atoms in total. The number of thiazole rings is 1. The Morgan fingerprint density at radius 3 is 3.00 bits per heavy atom. The smallest absolute Gasteiger partial charge is 0.144 e. The van der Waals surface area contributed by atoms with Crippen LogP contribution in [0, 0.1) is 11.3 Å². The summed E-state index contributed by atoms with van der Waals surface area (Å²) in [5, 5.41) is 15.5. The van der Waals surface area contributed by atoms with Crippen LogP contribution in [0.15, 0.2) is 29.9 Å². The molecule has 92 valence electrons. The van der Waals surface area contributed by atoms with Crippen molar-refractivity contribution in [1.82, 2.24) is 15.3 Å². The van der Waals surface area contributed by atoms with Gasteiger partial charge in [-0.2, -0.15) is 5.26 Å². The van der Waals surface area contributed by atoms with E-state index in [0.29, 0.717) is 12.2 Å². The Morgan fingerprint density at radius 2 is 2.33 bits per heavy atom. The second kappa shape index (κ2) is 6.24. The third-order valence-corrected chi connectivity index (χ3v) is 3.58. The van der Waals surface area contributed by atoms with E-state index in [2.05, 4.69) is 28.3 Å². The highest BCUT2D eigenvalue weighted by molar-refractivity contribution is 7.09. The van der Waals surface area contributed by atoms with Gasteiger partial charge in [-0.25, -0.2) is 9.97 Å². The molecule has 2 rings (SSSR count). The molecule has 0 fully saturated rings. The van der Waals surface area contributed by atoms with Crippen LogP contribution in [0.5, 0.6) is 0 Å². The molecule has 1 unspecified atom stereocenters. The van der Waals surface area contributed by atoms with Crippen LogP contribution in [0.25, 0.3) is 0 Å². The van der Waals surface area contributed by atoms with Crippen molar-refractivity contribution in [2.75, 3.05) is 0 Å². The molecule has 0 saturated carbocycles. The van der Waals surface area contributed by atoms with E-state index in [1.165, 1.54) is 0 Å². The summed E-state index contributed by atoms with van der Waals surface area (Å²) in [6.45, 7) is 2.75. The predicted molar refractivity (Wildman–Crippen MR) is 70.9 cm³/mol. The summed E-state index contributed by atoms with van der Waals surface area (Å²) >= 11 is 1.65. The number of hydrogen-bond acceptors (Lipinski definition) is 5. The summed E-state index contributed by atoms with van der Waals surface area (Å²) < 4.78 is 0. The number of aromatic nitrogens is 2. The van der Waals surface area contributed by atoms with Gasteiger partial charge in [0, 0.05) is 29.9 Å². The average molecular weight is 258 g/mol. The summed E-state index contributed by atoms with van der Waals surface area (Å²) in [6, 6.07) is 6.11. The largest absolute Gasteiger partial charge is 0.304 e. The molecule has 2 heterocycles. The molecule has 18 heavy (non-hydrogen) atoms. The molecule has 0 aliphatic heterocycles. The standard InChI is InChI=1S/C13H14N4S/c1-2-11(13-16-6-7-18-13)17-9-10-4-3-5-15-12(10)8-14/h3-7,11,17H,2,9H2,1H3. The van der Waals surface area contributed by atoms with Crippen LogP contribution in [-0.4, -0.2) is 9.97 Å². The van der Waals surface area contributed by atoms with Gasteiger partial charge in [-0.15, -0.1) is 11.3 Å². The molecule has 0 aliphatic carbocycles. The van der Waals surface area contributed by atoms with Crippen LogP contribution in [0.3, 0.4) is 0 Å². The van der Waals surface area contributed by atoms with Gasteiger partial charge in [0.1, 0.15) is 16.8 Å².